The van der Waals surface area contributed by atoms with Crippen molar-refractivity contribution >= 4 is 40.4 Å². The fraction of sp³-hybridized carbons (Fsp3) is 0.312. The van der Waals surface area contributed by atoms with Crippen molar-refractivity contribution in [2.75, 3.05) is 0 Å². The number of carbonyl (C=O) groups excluding carboxylic acids is 1. The summed E-state index contributed by atoms with van der Waals surface area (Å²) in [7, 11) is 0. The van der Waals surface area contributed by atoms with Crippen LogP contribution >= 0.6 is 34.5 Å². The van der Waals surface area contributed by atoms with Gasteiger partial charge in [0.2, 0.25) is 0 Å². The van der Waals surface area contributed by atoms with Crippen LogP contribution in [0.5, 0.6) is 0 Å². The first-order valence-electron chi connectivity index (χ1n) is 6.87. The standard InChI is InChI=1S/C16H15Cl2NOS/c1-9-2-4-10(5-3-9)14(11-6-7-11)19-16(20)12-8-13(17)21-15(12)18/h2-5,8,11,14H,6-7H2,1H3,(H,19,20). The number of thiophene rings is 1. The lowest BCUT2D eigenvalue weighted by molar-refractivity contribution is 0.0932. The van der Waals surface area contributed by atoms with Crippen LogP contribution in [-0.4, -0.2) is 5.91 Å². The minimum Gasteiger partial charge on any atom is -0.345 e. The number of hydrogen-bond donors (Lipinski definition) is 1. The van der Waals surface area contributed by atoms with E-state index in [2.05, 4.69) is 36.5 Å². The van der Waals surface area contributed by atoms with E-state index >= 15 is 0 Å². The van der Waals surface area contributed by atoms with Crippen molar-refractivity contribution in [1.29, 1.82) is 0 Å². The number of halogens is 2. The van der Waals surface area contributed by atoms with E-state index in [0.29, 0.717) is 20.2 Å². The van der Waals surface area contributed by atoms with Gasteiger partial charge in [-0.25, -0.2) is 0 Å². The second-order valence-electron chi connectivity index (χ2n) is 5.44. The van der Waals surface area contributed by atoms with E-state index in [1.165, 1.54) is 16.9 Å². The third-order valence-electron chi connectivity index (χ3n) is 3.72. The molecule has 1 saturated carbocycles. The first-order chi connectivity index (χ1) is 10.0. The predicted octanol–water partition coefficient (Wildman–Crippen LogP) is 5.24. The van der Waals surface area contributed by atoms with Crippen molar-refractivity contribution in [3.8, 4) is 0 Å². The normalized spacial score (nSPS) is 15.8. The molecule has 1 fully saturated rings. The Bertz CT molecular complexity index is 661. The first kappa shape index (κ1) is 14.9. The zero-order chi connectivity index (χ0) is 15.0. The van der Waals surface area contributed by atoms with Gasteiger partial charge in [-0.3, -0.25) is 4.79 Å². The van der Waals surface area contributed by atoms with E-state index in [1.54, 1.807) is 6.07 Å². The maximum absolute atomic E-state index is 12.4. The summed E-state index contributed by atoms with van der Waals surface area (Å²) >= 11 is 13.2. The predicted molar refractivity (Wildman–Crippen MR) is 88.4 cm³/mol. The largest absolute Gasteiger partial charge is 0.345 e. The Balaban J connectivity index is 1.81. The number of aryl methyl sites for hydroxylation is 1. The van der Waals surface area contributed by atoms with Crippen LogP contribution < -0.4 is 5.32 Å². The van der Waals surface area contributed by atoms with Gasteiger partial charge in [0.1, 0.15) is 4.34 Å². The number of amides is 1. The summed E-state index contributed by atoms with van der Waals surface area (Å²) in [5, 5.41) is 3.11. The Morgan fingerprint density at radius 1 is 1.29 bits per heavy atom. The van der Waals surface area contributed by atoms with Crippen molar-refractivity contribution in [2.24, 2.45) is 5.92 Å². The molecule has 21 heavy (non-hydrogen) atoms. The molecule has 1 N–H and O–H groups in total. The fourth-order valence-electron chi connectivity index (χ4n) is 2.39. The highest BCUT2D eigenvalue weighted by Crippen LogP contribution is 2.41. The Morgan fingerprint density at radius 3 is 2.48 bits per heavy atom. The van der Waals surface area contributed by atoms with Gasteiger partial charge in [-0.15, -0.1) is 11.3 Å². The van der Waals surface area contributed by atoms with Crippen LogP contribution in [-0.2, 0) is 0 Å². The monoisotopic (exact) mass is 339 g/mol. The van der Waals surface area contributed by atoms with Gasteiger partial charge in [0.05, 0.1) is 15.9 Å². The van der Waals surface area contributed by atoms with Crippen LogP contribution in [0.2, 0.25) is 8.67 Å². The molecule has 1 amide bonds. The molecule has 0 saturated heterocycles. The molecule has 1 aliphatic carbocycles. The van der Waals surface area contributed by atoms with E-state index in [1.807, 2.05) is 0 Å². The zero-order valence-electron chi connectivity index (χ0n) is 11.5. The van der Waals surface area contributed by atoms with Gasteiger partial charge in [-0.2, -0.15) is 0 Å². The Hall–Kier alpha value is -1.03. The second-order valence-corrected chi connectivity index (χ2v) is 7.72. The van der Waals surface area contributed by atoms with Crippen molar-refractivity contribution in [3.63, 3.8) is 0 Å². The molecule has 1 unspecified atom stereocenters. The lowest BCUT2D eigenvalue weighted by atomic mass is 10.0. The van der Waals surface area contributed by atoms with Crippen molar-refractivity contribution in [3.05, 3.63) is 55.7 Å². The number of rotatable bonds is 4. The Kier molecular flexibility index (Phi) is 4.25. The van der Waals surface area contributed by atoms with E-state index in [-0.39, 0.29) is 11.9 Å². The lowest BCUT2D eigenvalue weighted by Crippen LogP contribution is -2.29. The summed E-state index contributed by atoms with van der Waals surface area (Å²) in [4.78, 5) is 12.4. The number of carbonyl (C=O) groups is 1. The maximum Gasteiger partial charge on any atom is 0.254 e. The molecule has 1 aromatic carbocycles. The van der Waals surface area contributed by atoms with Gasteiger partial charge < -0.3 is 5.32 Å². The molecule has 1 atom stereocenters. The molecule has 0 aliphatic heterocycles. The van der Waals surface area contributed by atoms with Crippen molar-refractivity contribution in [1.82, 2.24) is 5.32 Å². The summed E-state index contributed by atoms with van der Waals surface area (Å²) in [5.41, 5.74) is 2.82. The first-order valence-corrected chi connectivity index (χ1v) is 8.44. The van der Waals surface area contributed by atoms with E-state index in [0.717, 1.165) is 18.4 Å². The highest BCUT2D eigenvalue weighted by Gasteiger charge is 2.34. The van der Waals surface area contributed by atoms with Gasteiger partial charge >= 0.3 is 0 Å². The minimum absolute atomic E-state index is 0.0489. The molecule has 0 radical (unpaired) electrons. The number of nitrogens with one attached hydrogen (secondary N) is 1. The average molecular weight is 340 g/mol. The topological polar surface area (TPSA) is 29.1 Å². The molecule has 1 aromatic heterocycles. The summed E-state index contributed by atoms with van der Waals surface area (Å²) in [6.45, 7) is 2.06. The summed E-state index contributed by atoms with van der Waals surface area (Å²) < 4.78 is 0.972. The molecular weight excluding hydrogens is 325 g/mol. The van der Waals surface area contributed by atoms with E-state index in [9.17, 15) is 4.79 Å². The third-order valence-corrected chi connectivity index (χ3v) is 5.21. The Morgan fingerprint density at radius 2 is 1.95 bits per heavy atom. The molecular formula is C16H15Cl2NOS. The van der Waals surface area contributed by atoms with Crippen LogP contribution in [0.25, 0.3) is 0 Å². The van der Waals surface area contributed by atoms with Crippen molar-refractivity contribution < 1.29 is 4.79 Å². The molecule has 5 heteroatoms. The molecule has 2 nitrogen and oxygen atoms in total. The average Bonchev–Trinajstić information content (AvgIpc) is 3.22. The lowest BCUT2D eigenvalue weighted by Gasteiger charge is -2.19. The SMILES string of the molecule is Cc1ccc(C(NC(=O)c2cc(Cl)sc2Cl)C2CC2)cc1. The molecule has 2 aromatic rings. The van der Waals surface area contributed by atoms with Crippen LogP contribution in [0.1, 0.15) is 40.4 Å². The summed E-state index contributed by atoms with van der Waals surface area (Å²) in [6.07, 6.45) is 2.30. The van der Waals surface area contributed by atoms with Crippen molar-refractivity contribution in [2.45, 2.75) is 25.8 Å². The van der Waals surface area contributed by atoms with Gasteiger partial charge in [-0.05, 0) is 37.3 Å². The zero-order valence-corrected chi connectivity index (χ0v) is 13.9. The molecule has 1 aliphatic rings. The maximum atomic E-state index is 12.4. The summed E-state index contributed by atoms with van der Waals surface area (Å²) in [5.74, 6) is 0.366. The van der Waals surface area contributed by atoms with Crippen LogP contribution in [0, 0.1) is 12.8 Å². The van der Waals surface area contributed by atoms with Gasteiger partial charge in [0.25, 0.3) is 5.91 Å². The highest BCUT2D eigenvalue weighted by atomic mass is 35.5. The molecule has 0 spiro atoms. The quantitative estimate of drug-likeness (QED) is 0.810. The van der Waals surface area contributed by atoms with Crippen LogP contribution in [0.4, 0.5) is 0 Å². The molecule has 3 rings (SSSR count). The van der Waals surface area contributed by atoms with Gasteiger partial charge in [0.15, 0.2) is 0 Å². The number of hydrogen-bond acceptors (Lipinski definition) is 2. The minimum atomic E-state index is -0.152. The van der Waals surface area contributed by atoms with E-state index in [4.69, 9.17) is 23.2 Å². The third kappa shape index (κ3) is 3.42. The van der Waals surface area contributed by atoms with E-state index < -0.39 is 0 Å². The number of benzene rings is 1. The highest BCUT2D eigenvalue weighted by molar-refractivity contribution is 7.20. The Labute approximate surface area is 138 Å². The van der Waals surface area contributed by atoms with Crippen LogP contribution in [0.3, 0.4) is 0 Å². The summed E-state index contributed by atoms with van der Waals surface area (Å²) in [6, 6.07) is 9.99. The van der Waals surface area contributed by atoms with Crippen LogP contribution in [0.15, 0.2) is 30.3 Å². The second kappa shape index (κ2) is 5.99. The smallest absolute Gasteiger partial charge is 0.254 e. The molecule has 110 valence electrons. The van der Waals surface area contributed by atoms with Gasteiger partial charge in [-0.1, -0.05) is 53.0 Å². The van der Waals surface area contributed by atoms with Gasteiger partial charge in [0, 0.05) is 0 Å². The molecule has 1 heterocycles. The fourth-order valence-corrected chi connectivity index (χ4v) is 3.85. The molecule has 0 bridgehead atoms.